The van der Waals surface area contributed by atoms with Gasteiger partial charge in [-0.15, -0.1) is 0 Å². The second-order valence-corrected chi connectivity index (χ2v) is 7.32. The van der Waals surface area contributed by atoms with E-state index in [-0.39, 0.29) is 11.4 Å². The molecule has 0 bridgehead atoms. The molecule has 1 amide bonds. The smallest absolute Gasteiger partial charge is 0.260 e. The summed E-state index contributed by atoms with van der Waals surface area (Å²) in [5.41, 5.74) is 2.69. The predicted octanol–water partition coefficient (Wildman–Crippen LogP) is 5.26. The number of hydrogen-bond donors (Lipinski definition) is 1. The lowest BCUT2D eigenvalue weighted by molar-refractivity contribution is 0.102. The van der Waals surface area contributed by atoms with E-state index in [4.69, 9.17) is 11.6 Å². The molecule has 1 aliphatic carbocycles. The molecular weight excluding hydrogens is 389 g/mol. The summed E-state index contributed by atoms with van der Waals surface area (Å²) < 4.78 is 13.9. The van der Waals surface area contributed by atoms with Crippen LogP contribution in [0.25, 0.3) is 11.3 Å². The number of benzene rings is 2. The first-order valence-corrected chi connectivity index (χ1v) is 9.59. The summed E-state index contributed by atoms with van der Waals surface area (Å²) in [6, 6.07) is 10.0. The van der Waals surface area contributed by atoms with Crippen LogP contribution in [0.4, 0.5) is 10.2 Å². The van der Waals surface area contributed by atoms with Crippen LogP contribution < -0.4 is 5.32 Å². The Labute approximate surface area is 173 Å². The van der Waals surface area contributed by atoms with Gasteiger partial charge in [0.1, 0.15) is 5.82 Å². The average molecular weight is 406 g/mol. The Balaban J connectivity index is 1.51. The molecule has 3 aromatic rings. The van der Waals surface area contributed by atoms with Crippen molar-refractivity contribution in [1.29, 1.82) is 0 Å². The average Bonchev–Trinajstić information content (AvgIpc) is 3.52. The number of aryl methyl sites for hydroxylation is 1. The van der Waals surface area contributed by atoms with Gasteiger partial charge in [-0.2, -0.15) is 0 Å². The van der Waals surface area contributed by atoms with Gasteiger partial charge in [-0.25, -0.2) is 9.37 Å². The van der Waals surface area contributed by atoms with Crippen LogP contribution in [-0.4, -0.2) is 15.9 Å². The van der Waals surface area contributed by atoms with E-state index in [0.29, 0.717) is 22.2 Å². The van der Waals surface area contributed by atoms with Crippen molar-refractivity contribution in [2.75, 3.05) is 5.32 Å². The molecule has 1 saturated carbocycles. The van der Waals surface area contributed by atoms with Crippen LogP contribution in [0, 0.1) is 30.5 Å². The first-order chi connectivity index (χ1) is 14.0. The molecule has 1 heterocycles. The van der Waals surface area contributed by atoms with Crippen molar-refractivity contribution in [1.82, 2.24) is 9.97 Å². The number of amides is 1. The second kappa shape index (κ2) is 8.02. The van der Waals surface area contributed by atoms with Crippen LogP contribution in [0.2, 0.25) is 5.02 Å². The molecule has 4 nitrogen and oxygen atoms in total. The maximum Gasteiger partial charge on any atom is 0.260 e. The molecule has 0 unspecified atom stereocenters. The number of carbonyl (C=O) groups is 1. The molecular formula is C23H17ClFN3O. The molecule has 0 radical (unpaired) electrons. The van der Waals surface area contributed by atoms with Gasteiger partial charge in [0.25, 0.3) is 5.91 Å². The molecule has 4 rings (SSSR count). The summed E-state index contributed by atoms with van der Waals surface area (Å²) >= 11 is 6.39. The van der Waals surface area contributed by atoms with Gasteiger partial charge in [-0.1, -0.05) is 41.6 Å². The molecule has 2 aromatic carbocycles. The SMILES string of the molecule is Cc1cccc(F)c1C(=O)Nc1cnc(-c2ccc(C#CC3CC3)cc2Cl)cn1. The Morgan fingerprint density at radius 1 is 1.21 bits per heavy atom. The summed E-state index contributed by atoms with van der Waals surface area (Å²) in [6.07, 6.45) is 5.28. The number of nitrogens with one attached hydrogen (secondary N) is 1. The summed E-state index contributed by atoms with van der Waals surface area (Å²) in [5, 5.41) is 3.10. The number of nitrogens with zero attached hydrogens (tertiary/aromatic N) is 2. The van der Waals surface area contributed by atoms with Crippen molar-refractivity contribution in [3.63, 3.8) is 0 Å². The van der Waals surface area contributed by atoms with Crippen LogP contribution in [0.5, 0.6) is 0 Å². The molecule has 0 atom stereocenters. The largest absolute Gasteiger partial charge is 0.305 e. The minimum atomic E-state index is -0.580. The summed E-state index contributed by atoms with van der Waals surface area (Å²) in [6.45, 7) is 1.67. The highest BCUT2D eigenvalue weighted by molar-refractivity contribution is 6.33. The molecule has 144 valence electrons. The van der Waals surface area contributed by atoms with Crippen molar-refractivity contribution in [3.05, 3.63) is 76.3 Å². The topological polar surface area (TPSA) is 54.9 Å². The van der Waals surface area contributed by atoms with Crippen molar-refractivity contribution in [2.45, 2.75) is 19.8 Å². The van der Waals surface area contributed by atoms with Gasteiger partial charge >= 0.3 is 0 Å². The van der Waals surface area contributed by atoms with Crippen molar-refractivity contribution in [3.8, 4) is 23.1 Å². The van der Waals surface area contributed by atoms with E-state index < -0.39 is 11.7 Å². The lowest BCUT2D eigenvalue weighted by atomic mass is 10.1. The lowest BCUT2D eigenvalue weighted by Gasteiger charge is -2.09. The Morgan fingerprint density at radius 2 is 2.03 bits per heavy atom. The minimum absolute atomic E-state index is 0.00989. The van der Waals surface area contributed by atoms with E-state index in [0.717, 1.165) is 11.1 Å². The molecule has 0 aliphatic heterocycles. The van der Waals surface area contributed by atoms with Crippen molar-refractivity contribution >= 4 is 23.3 Å². The van der Waals surface area contributed by atoms with E-state index in [2.05, 4.69) is 27.1 Å². The van der Waals surface area contributed by atoms with Crippen molar-refractivity contribution in [2.24, 2.45) is 5.92 Å². The molecule has 1 fully saturated rings. The Hall–Kier alpha value is -3.23. The van der Waals surface area contributed by atoms with Gasteiger partial charge in [-0.05, 0) is 43.5 Å². The minimum Gasteiger partial charge on any atom is -0.305 e. The number of rotatable bonds is 3. The Morgan fingerprint density at radius 3 is 2.69 bits per heavy atom. The first-order valence-electron chi connectivity index (χ1n) is 9.21. The van der Waals surface area contributed by atoms with Gasteiger partial charge in [0.2, 0.25) is 0 Å². The van der Waals surface area contributed by atoms with Crippen LogP contribution in [0.15, 0.2) is 48.8 Å². The molecule has 0 spiro atoms. The Kier molecular flexibility index (Phi) is 5.28. The van der Waals surface area contributed by atoms with Gasteiger partial charge < -0.3 is 5.32 Å². The molecule has 1 aliphatic rings. The summed E-state index contributed by atoms with van der Waals surface area (Å²) in [7, 11) is 0. The van der Waals surface area contributed by atoms with E-state index in [1.54, 1.807) is 19.1 Å². The van der Waals surface area contributed by atoms with Crippen molar-refractivity contribution < 1.29 is 9.18 Å². The zero-order valence-corrected chi connectivity index (χ0v) is 16.4. The quantitative estimate of drug-likeness (QED) is 0.605. The lowest BCUT2D eigenvalue weighted by Crippen LogP contribution is -2.16. The van der Waals surface area contributed by atoms with Crippen LogP contribution >= 0.6 is 11.6 Å². The number of anilines is 1. The molecule has 29 heavy (non-hydrogen) atoms. The van der Waals surface area contributed by atoms with Gasteiger partial charge in [0.05, 0.1) is 28.7 Å². The van der Waals surface area contributed by atoms with E-state index in [9.17, 15) is 9.18 Å². The van der Waals surface area contributed by atoms with Crippen LogP contribution in [0.3, 0.4) is 0 Å². The standard InChI is InChI=1S/C23H17ClFN3O/c1-14-3-2-4-19(25)22(14)23(29)28-21-13-26-20(12-27-21)17-10-9-16(11-18(17)24)8-7-15-5-6-15/h2-4,9-13,15H,5-6H2,1H3,(H,27,28,29). The normalized spacial score (nSPS) is 12.8. The number of hydrogen-bond acceptors (Lipinski definition) is 3. The number of carbonyl (C=O) groups excluding carboxylic acids is 1. The Bertz CT molecular complexity index is 1120. The maximum atomic E-state index is 13.9. The fourth-order valence-corrected chi connectivity index (χ4v) is 3.12. The third-order valence-corrected chi connectivity index (χ3v) is 4.90. The van der Waals surface area contributed by atoms with E-state index in [1.807, 2.05) is 18.2 Å². The van der Waals surface area contributed by atoms with Gasteiger partial charge in [-0.3, -0.25) is 9.78 Å². The van der Waals surface area contributed by atoms with E-state index >= 15 is 0 Å². The highest BCUT2D eigenvalue weighted by Crippen LogP contribution is 2.29. The highest BCUT2D eigenvalue weighted by Gasteiger charge is 2.18. The van der Waals surface area contributed by atoms with Gasteiger partial charge in [0, 0.05) is 17.0 Å². The molecule has 1 N–H and O–H groups in total. The number of aromatic nitrogens is 2. The third-order valence-electron chi connectivity index (χ3n) is 4.59. The summed E-state index contributed by atoms with van der Waals surface area (Å²) in [5.74, 6) is 5.94. The molecule has 0 saturated heterocycles. The second-order valence-electron chi connectivity index (χ2n) is 6.91. The fraction of sp³-hybridized carbons (Fsp3) is 0.174. The summed E-state index contributed by atoms with van der Waals surface area (Å²) in [4.78, 5) is 20.9. The molecule has 1 aromatic heterocycles. The molecule has 6 heteroatoms. The van der Waals surface area contributed by atoms with Gasteiger partial charge in [0.15, 0.2) is 5.82 Å². The zero-order valence-electron chi connectivity index (χ0n) is 15.7. The highest BCUT2D eigenvalue weighted by atomic mass is 35.5. The van der Waals surface area contributed by atoms with Crippen LogP contribution in [-0.2, 0) is 0 Å². The third kappa shape index (κ3) is 4.44. The van der Waals surface area contributed by atoms with E-state index in [1.165, 1.54) is 31.3 Å². The predicted molar refractivity (Wildman–Crippen MR) is 111 cm³/mol. The fourth-order valence-electron chi connectivity index (χ4n) is 2.84. The first kappa shape index (κ1) is 19.1. The monoisotopic (exact) mass is 405 g/mol. The maximum absolute atomic E-state index is 13.9. The van der Waals surface area contributed by atoms with Crippen LogP contribution in [0.1, 0.15) is 34.3 Å². The number of halogens is 2. The zero-order chi connectivity index (χ0) is 20.4.